The fourth-order valence-corrected chi connectivity index (χ4v) is 4.71. The van der Waals surface area contributed by atoms with Crippen LogP contribution in [-0.4, -0.2) is 25.5 Å². The quantitative estimate of drug-likeness (QED) is 0.275. The molecule has 1 aliphatic heterocycles. The van der Waals surface area contributed by atoms with Crippen LogP contribution in [0.2, 0.25) is 0 Å². The van der Waals surface area contributed by atoms with E-state index in [4.69, 9.17) is 0 Å². The normalized spacial score (nSPS) is 15.0. The molecule has 7 nitrogen and oxygen atoms in total. The van der Waals surface area contributed by atoms with E-state index in [9.17, 15) is 24.1 Å². The molecule has 1 fully saturated rings. The Hall–Kier alpha value is -3.72. The topological polar surface area (TPSA) is 85.4 Å². The monoisotopic (exact) mass is 465 g/mol. The minimum atomic E-state index is -0.470. The second kappa shape index (κ2) is 8.67. The molecule has 0 bridgehead atoms. The molecule has 2 amide bonds. The largest absolute Gasteiger partial charge is 0.318 e. The molecule has 4 rings (SSSR count). The van der Waals surface area contributed by atoms with E-state index in [1.54, 1.807) is 37.3 Å². The van der Waals surface area contributed by atoms with E-state index in [-0.39, 0.29) is 22.7 Å². The summed E-state index contributed by atoms with van der Waals surface area (Å²) < 4.78 is 15.9. The highest BCUT2D eigenvalue weighted by Gasteiger charge is 2.35. The number of non-ortho nitro benzene ring substituents is 1. The molecule has 168 valence electrons. The second-order valence-electron chi connectivity index (χ2n) is 7.75. The number of nitro groups is 1. The maximum absolute atomic E-state index is 14.0. The highest BCUT2D eigenvalue weighted by molar-refractivity contribution is 8.18. The van der Waals surface area contributed by atoms with Crippen LogP contribution < -0.4 is 0 Å². The zero-order valence-electron chi connectivity index (χ0n) is 18.2. The third-order valence-corrected chi connectivity index (χ3v) is 6.46. The number of halogens is 1. The van der Waals surface area contributed by atoms with Crippen molar-refractivity contribution in [1.29, 1.82) is 0 Å². The van der Waals surface area contributed by atoms with Gasteiger partial charge in [0, 0.05) is 34.8 Å². The Kier molecular flexibility index (Phi) is 5.90. The third kappa shape index (κ3) is 4.19. The van der Waals surface area contributed by atoms with Gasteiger partial charge in [-0.15, -0.1) is 0 Å². The number of amides is 2. The minimum Gasteiger partial charge on any atom is -0.318 e. The summed E-state index contributed by atoms with van der Waals surface area (Å²) in [6.45, 7) is 5.45. The smallest absolute Gasteiger partial charge is 0.293 e. The van der Waals surface area contributed by atoms with E-state index in [1.807, 2.05) is 24.5 Å². The molecule has 0 spiro atoms. The van der Waals surface area contributed by atoms with Crippen LogP contribution in [-0.2, 0) is 11.3 Å². The predicted octanol–water partition coefficient (Wildman–Crippen LogP) is 5.69. The minimum absolute atomic E-state index is 0.0162. The molecule has 3 aromatic rings. The molecule has 33 heavy (non-hydrogen) atoms. The lowest BCUT2D eigenvalue weighted by atomic mass is 10.1. The molecule has 2 aromatic carbocycles. The average Bonchev–Trinajstić information content (AvgIpc) is 3.19. The number of nitro benzene ring substituents is 1. The molecule has 1 saturated heterocycles. The van der Waals surface area contributed by atoms with Gasteiger partial charge in [0.05, 0.1) is 16.4 Å². The Balaban J connectivity index is 1.65. The predicted molar refractivity (Wildman–Crippen MR) is 125 cm³/mol. The number of carbonyl (C=O) groups is 2. The van der Waals surface area contributed by atoms with Crippen LogP contribution in [0.25, 0.3) is 11.8 Å². The summed E-state index contributed by atoms with van der Waals surface area (Å²) in [5.74, 6) is -0.938. The standard InChI is InChI=1S/C24H20FN3O4S/c1-14-10-19(28(31)32)8-9-21(14)27-15(2)11-18(16(27)3)12-22-23(29)26(24(30)33-22)13-17-6-4-5-7-20(17)25/h4-12H,13H2,1-3H3/b22-12-. The first kappa shape index (κ1) is 22.5. The first-order chi connectivity index (χ1) is 15.7. The van der Waals surface area contributed by atoms with Crippen molar-refractivity contribution in [2.45, 2.75) is 27.3 Å². The summed E-state index contributed by atoms with van der Waals surface area (Å²) in [6, 6.07) is 12.6. The van der Waals surface area contributed by atoms with Crippen molar-refractivity contribution in [3.63, 3.8) is 0 Å². The second-order valence-corrected chi connectivity index (χ2v) is 8.74. The van der Waals surface area contributed by atoms with Gasteiger partial charge in [-0.1, -0.05) is 18.2 Å². The summed E-state index contributed by atoms with van der Waals surface area (Å²) in [5.41, 5.74) is 4.27. The first-order valence-corrected chi connectivity index (χ1v) is 10.9. The van der Waals surface area contributed by atoms with Gasteiger partial charge >= 0.3 is 0 Å². The van der Waals surface area contributed by atoms with Crippen molar-refractivity contribution >= 4 is 34.7 Å². The van der Waals surface area contributed by atoms with Crippen molar-refractivity contribution in [3.8, 4) is 5.69 Å². The van der Waals surface area contributed by atoms with Gasteiger partial charge < -0.3 is 4.57 Å². The number of carbonyl (C=O) groups excluding carboxylic acids is 2. The number of nitrogens with zero attached hydrogens (tertiary/aromatic N) is 3. The number of rotatable bonds is 5. The summed E-state index contributed by atoms with van der Waals surface area (Å²) in [6.07, 6.45) is 1.66. The highest BCUT2D eigenvalue weighted by Crippen LogP contribution is 2.35. The summed E-state index contributed by atoms with van der Waals surface area (Å²) in [4.78, 5) is 37.3. The van der Waals surface area contributed by atoms with Crippen LogP contribution >= 0.6 is 11.8 Å². The van der Waals surface area contributed by atoms with Gasteiger partial charge in [-0.3, -0.25) is 24.6 Å². The van der Waals surface area contributed by atoms with E-state index < -0.39 is 21.9 Å². The number of aromatic nitrogens is 1. The molecule has 1 aliphatic rings. The molecule has 9 heteroatoms. The number of hydrogen-bond donors (Lipinski definition) is 0. The van der Waals surface area contributed by atoms with Crippen molar-refractivity contribution in [2.24, 2.45) is 0 Å². The SMILES string of the molecule is Cc1cc([N+](=O)[O-])ccc1-n1c(C)cc(/C=C2\SC(=O)N(Cc3ccccc3F)C2=O)c1C. The maximum Gasteiger partial charge on any atom is 0.293 e. The zero-order chi connectivity index (χ0) is 23.9. The van der Waals surface area contributed by atoms with Crippen molar-refractivity contribution in [2.75, 3.05) is 0 Å². The van der Waals surface area contributed by atoms with Crippen LogP contribution in [0.5, 0.6) is 0 Å². The first-order valence-electron chi connectivity index (χ1n) is 10.1. The van der Waals surface area contributed by atoms with Gasteiger partial charge in [0.15, 0.2) is 0 Å². The number of hydrogen-bond acceptors (Lipinski definition) is 5. The van der Waals surface area contributed by atoms with Gasteiger partial charge in [0.2, 0.25) is 0 Å². The molecule has 0 saturated carbocycles. The number of imide groups is 1. The zero-order valence-corrected chi connectivity index (χ0v) is 19.0. The summed E-state index contributed by atoms with van der Waals surface area (Å²) in [5, 5.41) is 10.6. The molecule has 0 radical (unpaired) electrons. The van der Waals surface area contributed by atoms with E-state index >= 15 is 0 Å². The van der Waals surface area contributed by atoms with E-state index in [0.29, 0.717) is 0 Å². The average molecular weight is 466 g/mol. The van der Waals surface area contributed by atoms with Gasteiger partial charge in [0.1, 0.15) is 5.82 Å². The van der Waals surface area contributed by atoms with Crippen molar-refractivity contribution in [1.82, 2.24) is 9.47 Å². The van der Waals surface area contributed by atoms with Crippen LogP contribution in [0.1, 0.15) is 28.1 Å². The fourth-order valence-electron chi connectivity index (χ4n) is 3.88. The van der Waals surface area contributed by atoms with Crippen LogP contribution in [0.4, 0.5) is 14.9 Å². The van der Waals surface area contributed by atoms with Gasteiger partial charge in [0.25, 0.3) is 16.8 Å². The number of aryl methyl sites for hydroxylation is 2. The Bertz CT molecular complexity index is 1350. The van der Waals surface area contributed by atoms with E-state index in [1.165, 1.54) is 18.2 Å². The Morgan fingerprint density at radius 3 is 2.48 bits per heavy atom. The molecule has 0 N–H and O–H groups in total. The Morgan fingerprint density at radius 2 is 1.82 bits per heavy atom. The third-order valence-electron chi connectivity index (χ3n) is 5.55. The molecule has 0 unspecified atom stereocenters. The highest BCUT2D eigenvalue weighted by atomic mass is 32.2. The molecule has 0 aliphatic carbocycles. The van der Waals surface area contributed by atoms with E-state index in [0.717, 1.165) is 44.9 Å². The van der Waals surface area contributed by atoms with Crippen molar-refractivity contribution < 1.29 is 18.9 Å². The molecular weight excluding hydrogens is 445 g/mol. The Morgan fingerprint density at radius 1 is 1.09 bits per heavy atom. The summed E-state index contributed by atoms with van der Waals surface area (Å²) in [7, 11) is 0. The van der Waals surface area contributed by atoms with Crippen LogP contribution in [0, 0.1) is 36.7 Å². The number of thioether (sulfide) groups is 1. The summed E-state index contributed by atoms with van der Waals surface area (Å²) >= 11 is 0.822. The fraction of sp³-hybridized carbons (Fsp3) is 0.167. The lowest BCUT2D eigenvalue weighted by Gasteiger charge is -2.13. The maximum atomic E-state index is 14.0. The van der Waals surface area contributed by atoms with Gasteiger partial charge in [-0.25, -0.2) is 4.39 Å². The van der Waals surface area contributed by atoms with Gasteiger partial charge in [-0.05, 0) is 67.9 Å². The van der Waals surface area contributed by atoms with E-state index in [2.05, 4.69) is 0 Å². The van der Waals surface area contributed by atoms with Crippen LogP contribution in [0.15, 0.2) is 53.4 Å². The van der Waals surface area contributed by atoms with Crippen LogP contribution in [0.3, 0.4) is 0 Å². The van der Waals surface area contributed by atoms with Crippen molar-refractivity contribution in [3.05, 3.63) is 97.4 Å². The lowest BCUT2D eigenvalue weighted by molar-refractivity contribution is -0.384. The Labute approximate surface area is 193 Å². The lowest BCUT2D eigenvalue weighted by Crippen LogP contribution is -2.27. The molecular formula is C24H20FN3O4S. The van der Waals surface area contributed by atoms with Gasteiger partial charge in [-0.2, -0.15) is 0 Å². The molecule has 2 heterocycles. The molecule has 1 aromatic heterocycles. The number of benzene rings is 2. The molecule has 0 atom stereocenters.